The van der Waals surface area contributed by atoms with E-state index in [0.717, 1.165) is 17.1 Å². The standard InChI is InChI=1S/C18H22FN5O2/c1-12-9-13(2)24(21-12)11-17(25)23-8-7-22(10-16(23)18(20)26)15-5-3-14(19)4-6-15/h3-6,9,16H,7-8,10-11H2,1-2H3,(H2,20,26). The number of anilines is 1. The molecule has 1 atom stereocenters. The lowest BCUT2D eigenvalue weighted by Crippen LogP contribution is -2.60. The molecule has 0 aliphatic carbocycles. The quantitative estimate of drug-likeness (QED) is 0.877. The highest BCUT2D eigenvalue weighted by atomic mass is 19.1. The van der Waals surface area contributed by atoms with Crippen LogP contribution in [0.5, 0.6) is 0 Å². The van der Waals surface area contributed by atoms with Gasteiger partial charge in [0.15, 0.2) is 0 Å². The molecule has 1 aromatic heterocycles. The van der Waals surface area contributed by atoms with E-state index in [0.29, 0.717) is 13.1 Å². The third kappa shape index (κ3) is 3.68. The summed E-state index contributed by atoms with van der Waals surface area (Å²) in [6.07, 6.45) is 0. The minimum atomic E-state index is -0.738. The summed E-state index contributed by atoms with van der Waals surface area (Å²) in [5.41, 5.74) is 8.06. The number of rotatable bonds is 4. The minimum Gasteiger partial charge on any atom is -0.368 e. The van der Waals surface area contributed by atoms with Gasteiger partial charge in [-0.05, 0) is 44.2 Å². The molecule has 2 amide bonds. The zero-order chi connectivity index (χ0) is 18.8. The van der Waals surface area contributed by atoms with Crippen molar-refractivity contribution in [2.75, 3.05) is 24.5 Å². The van der Waals surface area contributed by atoms with E-state index in [1.165, 1.54) is 17.0 Å². The molecular formula is C18H22FN5O2. The number of carbonyl (C=O) groups excluding carboxylic acids is 2. The number of piperazine rings is 1. The van der Waals surface area contributed by atoms with Gasteiger partial charge in [-0.2, -0.15) is 5.10 Å². The highest BCUT2D eigenvalue weighted by molar-refractivity contribution is 5.87. The number of carbonyl (C=O) groups is 2. The maximum atomic E-state index is 13.1. The number of amides is 2. The smallest absolute Gasteiger partial charge is 0.245 e. The maximum absolute atomic E-state index is 13.1. The summed E-state index contributed by atoms with van der Waals surface area (Å²) < 4.78 is 14.7. The number of primary amides is 1. The van der Waals surface area contributed by atoms with Crippen LogP contribution in [0.25, 0.3) is 0 Å². The molecule has 1 aliphatic rings. The van der Waals surface area contributed by atoms with E-state index in [9.17, 15) is 14.0 Å². The van der Waals surface area contributed by atoms with E-state index < -0.39 is 11.9 Å². The summed E-state index contributed by atoms with van der Waals surface area (Å²) >= 11 is 0. The molecule has 2 aromatic rings. The van der Waals surface area contributed by atoms with Crippen LogP contribution in [-0.2, 0) is 16.1 Å². The number of nitrogens with zero attached hydrogens (tertiary/aromatic N) is 4. The van der Waals surface area contributed by atoms with Crippen LogP contribution in [0.4, 0.5) is 10.1 Å². The molecule has 2 N–H and O–H groups in total. The van der Waals surface area contributed by atoms with E-state index in [1.807, 2.05) is 24.8 Å². The second-order valence-corrected chi connectivity index (χ2v) is 6.51. The van der Waals surface area contributed by atoms with Crippen LogP contribution in [0.15, 0.2) is 30.3 Å². The van der Waals surface area contributed by atoms with Gasteiger partial charge in [0.1, 0.15) is 18.4 Å². The molecular weight excluding hydrogens is 337 g/mol. The molecule has 1 unspecified atom stereocenters. The van der Waals surface area contributed by atoms with Crippen LogP contribution < -0.4 is 10.6 Å². The average molecular weight is 359 g/mol. The highest BCUT2D eigenvalue weighted by Gasteiger charge is 2.34. The lowest BCUT2D eigenvalue weighted by atomic mass is 10.1. The second-order valence-electron chi connectivity index (χ2n) is 6.51. The Morgan fingerprint density at radius 1 is 1.23 bits per heavy atom. The normalized spacial score (nSPS) is 17.4. The van der Waals surface area contributed by atoms with Crippen molar-refractivity contribution in [3.8, 4) is 0 Å². The summed E-state index contributed by atoms with van der Waals surface area (Å²) in [5, 5.41) is 4.29. The highest BCUT2D eigenvalue weighted by Crippen LogP contribution is 2.20. The Labute approximate surface area is 151 Å². The molecule has 0 spiro atoms. The average Bonchev–Trinajstić information content (AvgIpc) is 2.92. The molecule has 0 radical (unpaired) electrons. The van der Waals surface area contributed by atoms with Gasteiger partial charge in [0.2, 0.25) is 11.8 Å². The number of halogens is 1. The molecule has 26 heavy (non-hydrogen) atoms. The van der Waals surface area contributed by atoms with Gasteiger partial charge in [-0.25, -0.2) is 4.39 Å². The van der Waals surface area contributed by atoms with Gasteiger partial charge in [-0.15, -0.1) is 0 Å². The second kappa shape index (κ2) is 7.15. The van der Waals surface area contributed by atoms with Crippen LogP contribution in [0, 0.1) is 19.7 Å². The van der Waals surface area contributed by atoms with Crippen LogP contribution in [0.3, 0.4) is 0 Å². The predicted molar refractivity (Wildman–Crippen MR) is 95.0 cm³/mol. The molecule has 1 aromatic carbocycles. The molecule has 7 nitrogen and oxygen atoms in total. The van der Waals surface area contributed by atoms with E-state index in [-0.39, 0.29) is 24.8 Å². The van der Waals surface area contributed by atoms with Gasteiger partial charge in [0.05, 0.1) is 5.69 Å². The minimum absolute atomic E-state index is 0.0694. The first-order valence-corrected chi connectivity index (χ1v) is 8.45. The van der Waals surface area contributed by atoms with Gasteiger partial charge in [-0.1, -0.05) is 0 Å². The Morgan fingerprint density at radius 2 is 1.92 bits per heavy atom. The Balaban J connectivity index is 1.74. The van der Waals surface area contributed by atoms with E-state index >= 15 is 0 Å². The van der Waals surface area contributed by atoms with Gasteiger partial charge in [-0.3, -0.25) is 14.3 Å². The van der Waals surface area contributed by atoms with Gasteiger partial charge < -0.3 is 15.5 Å². The van der Waals surface area contributed by atoms with Crippen molar-refractivity contribution in [2.24, 2.45) is 5.73 Å². The predicted octanol–water partition coefficient (Wildman–Crippen LogP) is 0.842. The Hall–Kier alpha value is -2.90. The first-order chi connectivity index (χ1) is 12.3. The van der Waals surface area contributed by atoms with Crippen LogP contribution in [-0.4, -0.2) is 52.2 Å². The first-order valence-electron chi connectivity index (χ1n) is 8.45. The fourth-order valence-corrected chi connectivity index (χ4v) is 3.27. The fourth-order valence-electron chi connectivity index (χ4n) is 3.27. The molecule has 1 saturated heterocycles. The van der Waals surface area contributed by atoms with Crippen LogP contribution >= 0.6 is 0 Å². The lowest BCUT2D eigenvalue weighted by molar-refractivity contribution is -0.140. The lowest BCUT2D eigenvalue weighted by Gasteiger charge is -2.41. The fraction of sp³-hybridized carbons (Fsp3) is 0.389. The summed E-state index contributed by atoms with van der Waals surface area (Å²) in [4.78, 5) is 28.1. The number of aryl methyl sites for hydroxylation is 2. The topological polar surface area (TPSA) is 84.5 Å². The monoisotopic (exact) mass is 359 g/mol. The van der Waals surface area contributed by atoms with E-state index in [4.69, 9.17) is 5.73 Å². The summed E-state index contributed by atoms with van der Waals surface area (Å²) in [6.45, 7) is 5.00. The van der Waals surface area contributed by atoms with Crippen LogP contribution in [0.1, 0.15) is 11.4 Å². The molecule has 2 heterocycles. The third-order valence-electron chi connectivity index (χ3n) is 4.61. The summed E-state index contributed by atoms with van der Waals surface area (Å²) in [7, 11) is 0. The summed E-state index contributed by atoms with van der Waals surface area (Å²) in [5.74, 6) is -1.07. The third-order valence-corrected chi connectivity index (χ3v) is 4.61. The van der Waals surface area contributed by atoms with Crippen molar-refractivity contribution in [1.29, 1.82) is 0 Å². The largest absolute Gasteiger partial charge is 0.368 e. The molecule has 1 fully saturated rings. The molecule has 138 valence electrons. The molecule has 8 heteroatoms. The Morgan fingerprint density at radius 3 is 2.50 bits per heavy atom. The van der Waals surface area contributed by atoms with Crippen molar-refractivity contribution in [3.05, 3.63) is 47.5 Å². The molecule has 1 aliphatic heterocycles. The van der Waals surface area contributed by atoms with Gasteiger partial charge in [0.25, 0.3) is 0 Å². The first kappa shape index (κ1) is 17.9. The zero-order valence-corrected chi connectivity index (χ0v) is 14.9. The number of hydrogen-bond donors (Lipinski definition) is 1. The van der Waals surface area contributed by atoms with Crippen molar-refractivity contribution < 1.29 is 14.0 Å². The number of aromatic nitrogens is 2. The van der Waals surface area contributed by atoms with E-state index in [1.54, 1.807) is 16.8 Å². The molecule has 3 rings (SSSR count). The van der Waals surface area contributed by atoms with Crippen molar-refractivity contribution >= 4 is 17.5 Å². The summed E-state index contributed by atoms with van der Waals surface area (Å²) in [6, 6.07) is 7.20. The van der Waals surface area contributed by atoms with Gasteiger partial charge >= 0.3 is 0 Å². The number of benzene rings is 1. The Bertz CT molecular complexity index is 817. The van der Waals surface area contributed by atoms with Crippen LogP contribution in [0.2, 0.25) is 0 Å². The number of nitrogens with two attached hydrogens (primary N) is 1. The maximum Gasteiger partial charge on any atom is 0.245 e. The molecule has 0 saturated carbocycles. The van der Waals surface area contributed by atoms with Crippen molar-refractivity contribution in [3.63, 3.8) is 0 Å². The Kier molecular flexibility index (Phi) is 4.92. The number of hydrogen-bond acceptors (Lipinski definition) is 4. The van der Waals surface area contributed by atoms with Crippen molar-refractivity contribution in [2.45, 2.75) is 26.4 Å². The zero-order valence-electron chi connectivity index (χ0n) is 14.9. The van der Waals surface area contributed by atoms with Gasteiger partial charge in [0, 0.05) is 31.0 Å². The molecule has 0 bridgehead atoms. The SMILES string of the molecule is Cc1cc(C)n(CC(=O)N2CCN(c3ccc(F)cc3)CC2C(N)=O)n1. The van der Waals surface area contributed by atoms with E-state index in [2.05, 4.69) is 5.10 Å². The van der Waals surface area contributed by atoms with Crippen molar-refractivity contribution in [1.82, 2.24) is 14.7 Å².